The van der Waals surface area contributed by atoms with Crippen molar-refractivity contribution in [3.63, 3.8) is 0 Å². The molecule has 21 heavy (non-hydrogen) atoms. The van der Waals surface area contributed by atoms with Crippen molar-refractivity contribution in [2.75, 3.05) is 18.8 Å². The summed E-state index contributed by atoms with van der Waals surface area (Å²) >= 11 is 0. The summed E-state index contributed by atoms with van der Waals surface area (Å²) in [6, 6.07) is 5.94. The van der Waals surface area contributed by atoms with Gasteiger partial charge in [0.15, 0.2) is 0 Å². The van der Waals surface area contributed by atoms with Crippen LogP contribution in [0.4, 0.5) is 18.9 Å². The van der Waals surface area contributed by atoms with Gasteiger partial charge in [0.2, 0.25) is 0 Å². The third-order valence-corrected chi connectivity index (χ3v) is 3.69. The molecular weight excluding hydrogens is 283 g/mol. The molecule has 1 fully saturated rings. The fraction of sp³-hybridized carbons (Fsp3) is 0.500. The number of anilines is 1. The average Bonchev–Trinajstić information content (AvgIpc) is 2.45. The molecule has 0 bridgehead atoms. The van der Waals surface area contributed by atoms with Crippen molar-refractivity contribution < 1.29 is 18.0 Å². The lowest BCUT2D eigenvalue weighted by molar-refractivity contribution is -0.174. The van der Waals surface area contributed by atoms with Crippen LogP contribution in [0.2, 0.25) is 0 Å². The molecule has 1 saturated heterocycles. The topological polar surface area (TPSA) is 67.1 Å². The predicted octanol–water partition coefficient (Wildman–Crippen LogP) is 1.99. The Morgan fingerprint density at radius 3 is 2.33 bits per heavy atom. The van der Waals surface area contributed by atoms with Crippen molar-refractivity contribution in [3.8, 4) is 0 Å². The van der Waals surface area contributed by atoms with Gasteiger partial charge in [-0.1, -0.05) is 12.1 Å². The largest absolute Gasteiger partial charge is 0.471 e. The highest BCUT2D eigenvalue weighted by molar-refractivity contribution is 5.82. The number of hydrogen-bond donors (Lipinski definition) is 3. The normalized spacial score (nSPS) is 18.2. The number of piperidine rings is 1. The Bertz CT molecular complexity index is 481. The molecule has 4 N–H and O–H groups in total. The van der Waals surface area contributed by atoms with Crippen molar-refractivity contribution in [1.82, 2.24) is 10.6 Å². The number of halogens is 3. The quantitative estimate of drug-likeness (QED) is 0.748. The second-order valence-corrected chi connectivity index (χ2v) is 5.20. The summed E-state index contributed by atoms with van der Waals surface area (Å²) in [7, 11) is 0. The summed E-state index contributed by atoms with van der Waals surface area (Å²) < 4.78 is 37.5. The van der Waals surface area contributed by atoms with E-state index in [4.69, 9.17) is 5.73 Å². The molecule has 0 radical (unpaired) electrons. The van der Waals surface area contributed by atoms with Crippen LogP contribution in [0.1, 0.15) is 24.4 Å². The number of carbonyl (C=O) groups is 1. The Morgan fingerprint density at radius 2 is 1.81 bits per heavy atom. The smallest absolute Gasteiger partial charge is 0.399 e. The standard InChI is InChI=1S/C14H18F3N3O/c15-14(16,17)13(21)20-12(10-5-7-19-8-6-10)9-1-3-11(18)4-2-9/h1-4,10,12,19H,5-8,18H2,(H,20,21). The van der Waals surface area contributed by atoms with E-state index in [0.717, 1.165) is 13.1 Å². The zero-order chi connectivity index (χ0) is 15.5. The Balaban J connectivity index is 2.21. The molecule has 1 unspecified atom stereocenters. The van der Waals surface area contributed by atoms with Gasteiger partial charge in [0.05, 0.1) is 6.04 Å². The van der Waals surface area contributed by atoms with Crippen LogP contribution in [0, 0.1) is 5.92 Å². The molecule has 4 nitrogen and oxygen atoms in total. The zero-order valence-electron chi connectivity index (χ0n) is 11.4. The highest BCUT2D eigenvalue weighted by Gasteiger charge is 2.41. The number of benzene rings is 1. The van der Waals surface area contributed by atoms with E-state index in [0.29, 0.717) is 24.1 Å². The number of hydrogen-bond acceptors (Lipinski definition) is 3. The second-order valence-electron chi connectivity index (χ2n) is 5.20. The van der Waals surface area contributed by atoms with E-state index in [-0.39, 0.29) is 5.92 Å². The maximum absolute atomic E-state index is 12.5. The fourth-order valence-corrected chi connectivity index (χ4v) is 2.58. The SMILES string of the molecule is Nc1ccc(C(NC(=O)C(F)(F)F)C2CCNCC2)cc1. The molecule has 1 aliphatic heterocycles. The van der Waals surface area contributed by atoms with Crippen molar-refractivity contribution in [2.24, 2.45) is 5.92 Å². The Morgan fingerprint density at radius 1 is 1.24 bits per heavy atom. The minimum Gasteiger partial charge on any atom is -0.399 e. The number of amides is 1. The molecule has 0 spiro atoms. The number of nitrogens with one attached hydrogen (secondary N) is 2. The molecule has 1 atom stereocenters. The van der Waals surface area contributed by atoms with Crippen molar-refractivity contribution in [3.05, 3.63) is 29.8 Å². The van der Waals surface area contributed by atoms with E-state index in [1.54, 1.807) is 24.3 Å². The molecule has 1 aromatic carbocycles. The lowest BCUT2D eigenvalue weighted by Crippen LogP contribution is -2.43. The van der Waals surface area contributed by atoms with E-state index in [1.807, 2.05) is 0 Å². The first-order valence-electron chi connectivity index (χ1n) is 6.82. The number of carbonyl (C=O) groups excluding carboxylic acids is 1. The molecule has 0 aromatic heterocycles. The van der Waals surface area contributed by atoms with E-state index in [9.17, 15) is 18.0 Å². The average molecular weight is 301 g/mol. The molecule has 0 saturated carbocycles. The molecule has 7 heteroatoms. The number of nitrogen functional groups attached to an aromatic ring is 1. The van der Waals surface area contributed by atoms with Gasteiger partial charge >= 0.3 is 12.1 Å². The van der Waals surface area contributed by atoms with Gasteiger partial charge in [0.1, 0.15) is 0 Å². The van der Waals surface area contributed by atoms with Crippen LogP contribution in [0.25, 0.3) is 0 Å². The molecule has 1 amide bonds. The van der Waals surface area contributed by atoms with Gasteiger partial charge in [-0.25, -0.2) is 0 Å². The van der Waals surface area contributed by atoms with E-state index >= 15 is 0 Å². The van der Waals surface area contributed by atoms with Crippen LogP contribution in [0.3, 0.4) is 0 Å². The molecule has 0 aliphatic carbocycles. The first-order valence-corrected chi connectivity index (χ1v) is 6.82. The fourth-order valence-electron chi connectivity index (χ4n) is 2.58. The van der Waals surface area contributed by atoms with Gasteiger partial charge in [-0.05, 0) is 49.5 Å². The summed E-state index contributed by atoms with van der Waals surface area (Å²) in [5.41, 5.74) is 6.78. The van der Waals surface area contributed by atoms with E-state index in [2.05, 4.69) is 10.6 Å². The van der Waals surface area contributed by atoms with Crippen LogP contribution in [-0.4, -0.2) is 25.2 Å². The monoisotopic (exact) mass is 301 g/mol. The van der Waals surface area contributed by atoms with Crippen molar-refractivity contribution in [1.29, 1.82) is 0 Å². The van der Waals surface area contributed by atoms with Crippen LogP contribution < -0.4 is 16.4 Å². The number of rotatable bonds is 3. The Labute approximate surface area is 120 Å². The highest BCUT2D eigenvalue weighted by atomic mass is 19.4. The third kappa shape index (κ3) is 4.10. The summed E-state index contributed by atoms with van der Waals surface area (Å²) in [6.07, 6.45) is -3.45. The van der Waals surface area contributed by atoms with Gasteiger partial charge in [0.25, 0.3) is 0 Å². The Hall–Kier alpha value is -1.76. The van der Waals surface area contributed by atoms with Gasteiger partial charge in [-0.15, -0.1) is 0 Å². The van der Waals surface area contributed by atoms with Gasteiger partial charge < -0.3 is 16.4 Å². The summed E-state index contributed by atoms with van der Waals surface area (Å²) in [4.78, 5) is 11.3. The molecule has 1 aliphatic rings. The van der Waals surface area contributed by atoms with Crippen LogP contribution >= 0.6 is 0 Å². The summed E-state index contributed by atoms with van der Waals surface area (Å²) in [5.74, 6) is -1.93. The zero-order valence-corrected chi connectivity index (χ0v) is 11.4. The van der Waals surface area contributed by atoms with Crippen LogP contribution in [-0.2, 0) is 4.79 Å². The third-order valence-electron chi connectivity index (χ3n) is 3.69. The molecule has 2 rings (SSSR count). The first kappa shape index (κ1) is 15.6. The van der Waals surface area contributed by atoms with Gasteiger partial charge in [0, 0.05) is 5.69 Å². The van der Waals surface area contributed by atoms with Crippen molar-refractivity contribution >= 4 is 11.6 Å². The molecular formula is C14H18F3N3O. The predicted molar refractivity (Wildman–Crippen MR) is 73.4 cm³/mol. The minimum atomic E-state index is -4.88. The van der Waals surface area contributed by atoms with E-state index in [1.165, 1.54) is 0 Å². The van der Waals surface area contributed by atoms with Gasteiger partial charge in [-0.2, -0.15) is 13.2 Å². The summed E-state index contributed by atoms with van der Waals surface area (Å²) in [5, 5.41) is 5.29. The lowest BCUT2D eigenvalue weighted by atomic mass is 9.86. The second kappa shape index (κ2) is 6.34. The van der Waals surface area contributed by atoms with E-state index < -0.39 is 18.1 Å². The minimum absolute atomic E-state index is 0.0267. The maximum atomic E-state index is 12.5. The lowest BCUT2D eigenvalue weighted by Gasteiger charge is -2.32. The molecule has 1 aromatic rings. The number of alkyl halides is 3. The molecule has 116 valence electrons. The maximum Gasteiger partial charge on any atom is 0.471 e. The Kier molecular flexibility index (Phi) is 4.72. The van der Waals surface area contributed by atoms with Gasteiger partial charge in [-0.3, -0.25) is 4.79 Å². The van der Waals surface area contributed by atoms with Crippen LogP contribution in [0.15, 0.2) is 24.3 Å². The summed E-state index contributed by atoms with van der Waals surface area (Å²) in [6.45, 7) is 1.47. The van der Waals surface area contributed by atoms with Crippen LogP contribution in [0.5, 0.6) is 0 Å². The highest BCUT2D eigenvalue weighted by Crippen LogP contribution is 2.30. The number of nitrogens with two attached hydrogens (primary N) is 1. The first-order chi connectivity index (χ1) is 9.88. The molecule has 1 heterocycles. The van der Waals surface area contributed by atoms with Crippen molar-refractivity contribution in [2.45, 2.75) is 25.1 Å².